The molecule has 0 spiro atoms. The maximum absolute atomic E-state index is 12.3. The molecular weight excluding hydrogens is 280 g/mol. The molecule has 2 atom stereocenters. The molecule has 6 heteroatoms. The van der Waals surface area contributed by atoms with Gasteiger partial charge in [0.1, 0.15) is 5.82 Å². The standard InChI is InChI=1S/C16H28N4O2/c1-11-6-7-19(9-13(11)21)10-15(22)17-14-8-12(2)18-20(14)16(3,4)5/h8,11,13,21H,6-7,9-10H2,1-5H3,(H,17,22). The average Bonchev–Trinajstić information content (AvgIpc) is 2.74. The SMILES string of the molecule is Cc1cc(NC(=O)CN2CCC(C)C(O)C2)n(C(C)(C)C)n1. The summed E-state index contributed by atoms with van der Waals surface area (Å²) in [5, 5.41) is 17.3. The molecule has 1 amide bonds. The Labute approximate surface area is 132 Å². The van der Waals surface area contributed by atoms with Crippen molar-refractivity contribution in [3.63, 3.8) is 0 Å². The Morgan fingerprint density at radius 1 is 1.50 bits per heavy atom. The number of nitrogens with zero attached hydrogens (tertiary/aromatic N) is 3. The zero-order valence-electron chi connectivity index (χ0n) is 14.3. The molecule has 2 heterocycles. The van der Waals surface area contributed by atoms with Crippen molar-refractivity contribution < 1.29 is 9.90 Å². The van der Waals surface area contributed by atoms with Crippen LogP contribution in [0.3, 0.4) is 0 Å². The number of likely N-dealkylation sites (tertiary alicyclic amines) is 1. The minimum absolute atomic E-state index is 0.0628. The van der Waals surface area contributed by atoms with Gasteiger partial charge in [0.15, 0.2) is 0 Å². The quantitative estimate of drug-likeness (QED) is 0.889. The van der Waals surface area contributed by atoms with E-state index in [1.807, 2.05) is 29.5 Å². The van der Waals surface area contributed by atoms with Gasteiger partial charge in [0.25, 0.3) is 0 Å². The lowest BCUT2D eigenvalue weighted by Gasteiger charge is -2.33. The summed E-state index contributed by atoms with van der Waals surface area (Å²) in [7, 11) is 0. The topological polar surface area (TPSA) is 70.4 Å². The van der Waals surface area contributed by atoms with Gasteiger partial charge in [-0.3, -0.25) is 9.69 Å². The van der Waals surface area contributed by atoms with E-state index in [0.29, 0.717) is 19.0 Å². The molecule has 0 saturated carbocycles. The van der Waals surface area contributed by atoms with Crippen LogP contribution in [0.4, 0.5) is 5.82 Å². The third kappa shape index (κ3) is 4.08. The number of aromatic nitrogens is 2. The van der Waals surface area contributed by atoms with Crippen molar-refractivity contribution in [1.82, 2.24) is 14.7 Å². The molecule has 2 N–H and O–H groups in total. The number of anilines is 1. The van der Waals surface area contributed by atoms with Gasteiger partial charge in [0, 0.05) is 12.6 Å². The second kappa shape index (κ2) is 6.38. The molecule has 0 radical (unpaired) electrons. The average molecular weight is 308 g/mol. The summed E-state index contributed by atoms with van der Waals surface area (Å²) in [6, 6.07) is 1.89. The van der Waals surface area contributed by atoms with Gasteiger partial charge in [0.05, 0.1) is 23.9 Å². The maximum atomic E-state index is 12.3. The summed E-state index contributed by atoms with van der Waals surface area (Å²) in [5.74, 6) is 0.970. The van der Waals surface area contributed by atoms with Gasteiger partial charge in [-0.25, -0.2) is 4.68 Å². The van der Waals surface area contributed by atoms with Crippen LogP contribution >= 0.6 is 0 Å². The number of aliphatic hydroxyl groups is 1. The fourth-order valence-electron chi connectivity index (χ4n) is 2.74. The molecule has 2 rings (SSSR count). The van der Waals surface area contributed by atoms with Gasteiger partial charge in [-0.15, -0.1) is 0 Å². The molecular formula is C16H28N4O2. The molecule has 2 unspecified atom stereocenters. The van der Waals surface area contributed by atoms with Crippen molar-refractivity contribution in [3.8, 4) is 0 Å². The minimum atomic E-state index is -0.344. The number of aryl methyl sites for hydroxylation is 1. The number of carbonyl (C=O) groups is 1. The predicted molar refractivity (Wildman–Crippen MR) is 86.8 cm³/mol. The summed E-state index contributed by atoms with van der Waals surface area (Å²) in [5.41, 5.74) is 0.695. The number of rotatable bonds is 3. The molecule has 0 aromatic carbocycles. The molecule has 0 aliphatic carbocycles. The second-order valence-electron chi connectivity index (χ2n) is 7.37. The van der Waals surface area contributed by atoms with E-state index in [1.54, 1.807) is 0 Å². The lowest BCUT2D eigenvalue weighted by atomic mass is 9.96. The second-order valence-corrected chi connectivity index (χ2v) is 7.37. The van der Waals surface area contributed by atoms with Crippen LogP contribution in [-0.2, 0) is 10.3 Å². The van der Waals surface area contributed by atoms with Crippen molar-refractivity contribution in [1.29, 1.82) is 0 Å². The zero-order chi connectivity index (χ0) is 16.5. The molecule has 1 aliphatic heterocycles. The summed E-state index contributed by atoms with van der Waals surface area (Å²) >= 11 is 0. The fourth-order valence-corrected chi connectivity index (χ4v) is 2.74. The molecule has 22 heavy (non-hydrogen) atoms. The van der Waals surface area contributed by atoms with E-state index in [-0.39, 0.29) is 17.6 Å². The Hall–Kier alpha value is -1.40. The predicted octanol–water partition coefficient (Wildman–Crippen LogP) is 1.59. The Morgan fingerprint density at radius 3 is 2.77 bits per heavy atom. The van der Waals surface area contributed by atoms with E-state index in [4.69, 9.17) is 0 Å². The number of carbonyl (C=O) groups excluding carboxylic acids is 1. The van der Waals surface area contributed by atoms with Crippen LogP contribution in [0.2, 0.25) is 0 Å². The van der Waals surface area contributed by atoms with Crippen molar-refractivity contribution >= 4 is 11.7 Å². The van der Waals surface area contributed by atoms with Gasteiger partial charge in [-0.1, -0.05) is 6.92 Å². The van der Waals surface area contributed by atoms with Crippen molar-refractivity contribution in [2.75, 3.05) is 25.0 Å². The van der Waals surface area contributed by atoms with Crippen LogP contribution in [0.1, 0.15) is 39.8 Å². The van der Waals surface area contributed by atoms with Crippen LogP contribution in [0.5, 0.6) is 0 Å². The van der Waals surface area contributed by atoms with E-state index in [9.17, 15) is 9.90 Å². The van der Waals surface area contributed by atoms with E-state index >= 15 is 0 Å². The highest BCUT2D eigenvalue weighted by Gasteiger charge is 2.26. The fraction of sp³-hybridized carbons (Fsp3) is 0.750. The smallest absolute Gasteiger partial charge is 0.239 e. The third-order valence-electron chi connectivity index (χ3n) is 4.10. The van der Waals surface area contributed by atoms with Crippen molar-refractivity contribution in [2.45, 2.75) is 52.7 Å². The lowest BCUT2D eigenvalue weighted by Crippen LogP contribution is -2.46. The summed E-state index contributed by atoms with van der Waals surface area (Å²) in [4.78, 5) is 14.3. The largest absolute Gasteiger partial charge is 0.392 e. The maximum Gasteiger partial charge on any atom is 0.239 e. The highest BCUT2D eigenvalue weighted by atomic mass is 16.3. The van der Waals surface area contributed by atoms with E-state index in [2.05, 4.69) is 31.2 Å². The van der Waals surface area contributed by atoms with Crippen LogP contribution in [-0.4, -0.2) is 51.4 Å². The molecule has 1 aliphatic rings. The van der Waals surface area contributed by atoms with E-state index < -0.39 is 0 Å². The number of hydrogen-bond donors (Lipinski definition) is 2. The summed E-state index contributed by atoms with van der Waals surface area (Å²) < 4.78 is 1.84. The van der Waals surface area contributed by atoms with Gasteiger partial charge in [-0.05, 0) is 46.6 Å². The monoisotopic (exact) mass is 308 g/mol. The molecule has 124 valence electrons. The molecule has 1 fully saturated rings. The van der Waals surface area contributed by atoms with Gasteiger partial charge >= 0.3 is 0 Å². The van der Waals surface area contributed by atoms with Crippen molar-refractivity contribution in [3.05, 3.63) is 11.8 Å². The lowest BCUT2D eigenvalue weighted by molar-refractivity contribution is -0.118. The zero-order valence-corrected chi connectivity index (χ0v) is 14.3. The molecule has 1 saturated heterocycles. The Balaban J connectivity index is 1.98. The molecule has 0 bridgehead atoms. The number of hydrogen-bond acceptors (Lipinski definition) is 4. The van der Waals surface area contributed by atoms with Crippen LogP contribution in [0.15, 0.2) is 6.07 Å². The number of piperidine rings is 1. The first-order valence-electron chi connectivity index (χ1n) is 7.94. The number of β-amino-alcohol motifs (C(OH)–C–C–N with tert-alkyl or cyclic N) is 1. The third-order valence-corrected chi connectivity index (χ3v) is 4.10. The Kier molecular flexibility index (Phi) is 4.92. The van der Waals surface area contributed by atoms with Crippen LogP contribution in [0.25, 0.3) is 0 Å². The normalized spacial score (nSPS) is 23.5. The number of nitrogens with one attached hydrogen (secondary N) is 1. The molecule has 6 nitrogen and oxygen atoms in total. The number of aliphatic hydroxyl groups excluding tert-OH is 1. The van der Waals surface area contributed by atoms with E-state index in [1.165, 1.54) is 0 Å². The first kappa shape index (κ1) is 17.0. The van der Waals surface area contributed by atoms with Gasteiger partial charge in [-0.2, -0.15) is 5.10 Å². The highest BCUT2D eigenvalue weighted by Crippen LogP contribution is 2.21. The van der Waals surface area contributed by atoms with Crippen LogP contribution < -0.4 is 5.32 Å². The summed E-state index contributed by atoms with van der Waals surface area (Å²) in [6.07, 6.45) is 0.580. The first-order valence-corrected chi connectivity index (χ1v) is 7.94. The number of amides is 1. The Bertz CT molecular complexity index is 533. The minimum Gasteiger partial charge on any atom is -0.392 e. The highest BCUT2D eigenvalue weighted by molar-refractivity contribution is 5.91. The first-order chi connectivity index (χ1) is 10.2. The van der Waals surface area contributed by atoms with Crippen LogP contribution in [0, 0.1) is 12.8 Å². The molecule has 1 aromatic heterocycles. The Morgan fingerprint density at radius 2 is 2.18 bits per heavy atom. The summed E-state index contributed by atoms with van der Waals surface area (Å²) in [6.45, 7) is 11.8. The van der Waals surface area contributed by atoms with Gasteiger partial charge in [0.2, 0.25) is 5.91 Å². The van der Waals surface area contributed by atoms with Gasteiger partial charge < -0.3 is 10.4 Å². The van der Waals surface area contributed by atoms with E-state index in [0.717, 1.165) is 24.5 Å². The van der Waals surface area contributed by atoms with Crippen molar-refractivity contribution in [2.24, 2.45) is 5.92 Å². The molecule has 1 aromatic rings.